The predicted octanol–water partition coefficient (Wildman–Crippen LogP) is 2.07. The molecular formula is C14H13NO3S3. The number of benzene rings is 1. The molecular weight excluding hydrogens is 326 g/mol. The fourth-order valence-corrected chi connectivity index (χ4v) is 5.57. The van der Waals surface area contributed by atoms with Gasteiger partial charge in [-0.2, -0.15) is 0 Å². The van der Waals surface area contributed by atoms with Crippen molar-refractivity contribution in [3.05, 3.63) is 40.8 Å². The molecule has 0 aromatic heterocycles. The third-order valence-electron chi connectivity index (χ3n) is 3.49. The molecule has 1 aromatic rings. The number of sulfone groups is 1. The Labute approximate surface area is 133 Å². The quantitative estimate of drug-likeness (QED) is 0.610. The van der Waals surface area contributed by atoms with Gasteiger partial charge >= 0.3 is 0 Å². The van der Waals surface area contributed by atoms with Gasteiger partial charge in [0.15, 0.2) is 9.84 Å². The van der Waals surface area contributed by atoms with Crippen molar-refractivity contribution >= 4 is 50.1 Å². The normalized spacial score (nSPS) is 26.8. The predicted molar refractivity (Wildman–Crippen MR) is 88.5 cm³/mol. The Hall–Kier alpha value is -1.18. The smallest absolute Gasteiger partial charge is 0.266 e. The van der Waals surface area contributed by atoms with Crippen LogP contribution in [0.1, 0.15) is 12.0 Å². The van der Waals surface area contributed by atoms with E-state index in [4.69, 9.17) is 12.2 Å². The number of hydrogen-bond donors (Lipinski definition) is 0. The lowest BCUT2D eigenvalue weighted by Gasteiger charge is -2.20. The van der Waals surface area contributed by atoms with Crippen LogP contribution in [0.4, 0.5) is 0 Å². The molecule has 2 heterocycles. The minimum absolute atomic E-state index is 0.0120. The molecule has 0 radical (unpaired) electrons. The van der Waals surface area contributed by atoms with Crippen LogP contribution in [-0.4, -0.2) is 41.1 Å². The number of thioether (sulfide) groups is 1. The van der Waals surface area contributed by atoms with Gasteiger partial charge in [0, 0.05) is 0 Å². The van der Waals surface area contributed by atoms with Crippen LogP contribution >= 0.6 is 24.0 Å². The highest BCUT2D eigenvalue weighted by Crippen LogP contribution is 2.36. The molecule has 1 unspecified atom stereocenters. The number of hydrogen-bond acceptors (Lipinski definition) is 5. The van der Waals surface area contributed by atoms with Crippen molar-refractivity contribution in [1.29, 1.82) is 0 Å². The molecule has 110 valence electrons. The molecule has 2 aliphatic rings. The molecule has 2 aliphatic heterocycles. The molecule has 1 aromatic carbocycles. The lowest BCUT2D eigenvalue weighted by molar-refractivity contribution is -0.123. The van der Waals surface area contributed by atoms with Crippen molar-refractivity contribution in [3.63, 3.8) is 0 Å². The second-order valence-corrected chi connectivity index (χ2v) is 8.92. The zero-order chi connectivity index (χ0) is 15.0. The molecule has 4 nitrogen and oxygen atoms in total. The van der Waals surface area contributed by atoms with Crippen LogP contribution in [0.2, 0.25) is 0 Å². The van der Waals surface area contributed by atoms with E-state index in [1.807, 2.05) is 30.3 Å². The summed E-state index contributed by atoms with van der Waals surface area (Å²) in [7, 11) is -3.04. The number of thiocarbonyl (C=S) groups is 1. The van der Waals surface area contributed by atoms with Crippen LogP contribution < -0.4 is 0 Å². The monoisotopic (exact) mass is 339 g/mol. The van der Waals surface area contributed by atoms with E-state index in [2.05, 4.69) is 0 Å². The van der Waals surface area contributed by atoms with Crippen LogP contribution in [0.25, 0.3) is 6.08 Å². The molecule has 1 atom stereocenters. The Kier molecular flexibility index (Phi) is 3.90. The van der Waals surface area contributed by atoms with E-state index in [0.29, 0.717) is 15.6 Å². The number of nitrogens with zero attached hydrogens (tertiary/aromatic N) is 1. The summed E-state index contributed by atoms with van der Waals surface area (Å²) < 4.78 is 23.6. The van der Waals surface area contributed by atoms with E-state index in [1.54, 1.807) is 6.08 Å². The van der Waals surface area contributed by atoms with Gasteiger partial charge in [0.05, 0.1) is 22.5 Å². The Bertz CT molecular complexity index is 725. The molecule has 0 N–H and O–H groups in total. The summed E-state index contributed by atoms with van der Waals surface area (Å²) in [6, 6.07) is 9.21. The number of rotatable bonds is 2. The summed E-state index contributed by atoms with van der Waals surface area (Å²) in [6.07, 6.45) is 2.26. The van der Waals surface area contributed by atoms with Crippen LogP contribution in [0.5, 0.6) is 0 Å². The molecule has 0 aliphatic carbocycles. The molecule has 0 spiro atoms. The summed E-state index contributed by atoms with van der Waals surface area (Å²) >= 11 is 6.49. The van der Waals surface area contributed by atoms with Crippen LogP contribution in [0, 0.1) is 0 Å². The maximum Gasteiger partial charge on any atom is 0.266 e. The van der Waals surface area contributed by atoms with Gasteiger partial charge < -0.3 is 0 Å². The molecule has 7 heteroatoms. The summed E-state index contributed by atoms with van der Waals surface area (Å²) in [5.74, 6) is -0.0409. The van der Waals surface area contributed by atoms with Crippen molar-refractivity contribution in [1.82, 2.24) is 4.90 Å². The van der Waals surface area contributed by atoms with Crippen molar-refractivity contribution in [3.8, 4) is 0 Å². The zero-order valence-corrected chi connectivity index (χ0v) is 13.5. The van der Waals surface area contributed by atoms with Gasteiger partial charge in [0.2, 0.25) is 0 Å². The summed E-state index contributed by atoms with van der Waals surface area (Å²) in [5, 5.41) is 0. The van der Waals surface area contributed by atoms with Crippen molar-refractivity contribution in [2.24, 2.45) is 0 Å². The first-order valence-corrected chi connectivity index (χ1v) is 9.53. The fourth-order valence-electron chi connectivity index (χ4n) is 2.47. The van der Waals surface area contributed by atoms with E-state index < -0.39 is 9.84 Å². The second-order valence-electron chi connectivity index (χ2n) is 5.02. The first kappa shape index (κ1) is 14.7. The van der Waals surface area contributed by atoms with E-state index >= 15 is 0 Å². The zero-order valence-electron chi connectivity index (χ0n) is 11.1. The minimum atomic E-state index is -3.04. The first-order chi connectivity index (χ1) is 9.96. The van der Waals surface area contributed by atoms with Gasteiger partial charge in [0.1, 0.15) is 4.32 Å². The second kappa shape index (κ2) is 5.55. The van der Waals surface area contributed by atoms with Crippen LogP contribution in [-0.2, 0) is 14.6 Å². The Morgan fingerprint density at radius 3 is 2.62 bits per heavy atom. The van der Waals surface area contributed by atoms with Gasteiger partial charge in [-0.3, -0.25) is 9.69 Å². The standard InChI is InChI=1S/C14H13NO3S3/c16-13-12(8-10-4-2-1-3-5-10)20-14(19)15(13)11-6-7-21(17,18)9-11/h1-5,8,11H,6-7,9H2/b12-8+. The van der Waals surface area contributed by atoms with E-state index in [1.165, 1.54) is 16.7 Å². The third-order valence-corrected chi connectivity index (χ3v) is 6.58. The van der Waals surface area contributed by atoms with Crippen molar-refractivity contribution < 1.29 is 13.2 Å². The van der Waals surface area contributed by atoms with Crippen molar-refractivity contribution in [2.45, 2.75) is 12.5 Å². The minimum Gasteiger partial charge on any atom is -0.289 e. The van der Waals surface area contributed by atoms with Gasteiger partial charge in [0.25, 0.3) is 5.91 Å². The highest BCUT2D eigenvalue weighted by Gasteiger charge is 2.41. The van der Waals surface area contributed by atoms with E-state index in [9.17, 15) is 13.2 Å². The average Bonchev–Trinajstić information content (AvgIpc) is 2.91. The molecule has 21 heavy (non-hydrogen) atoms. The highest BCUT2D eigenvalue weighted by molar-refractivity contribution is 8.26. The van der Waals surface area contributed by atoms with Crippen LogP contribution in [0.15, 0.2) is 35.2 Å². The lowest BCUT2D eigenvalue weighted by Crippen LogP contribution is -2.39. The SMILES string of the molecule is O=C1/C(=C\c2ccccc2)SC(=S)N1C1CCS(=O)(=O)C1. The molecule has 2 fully saturated rings. The van der Waals surface area contributed by atoms with Crippen molar-refractivity contribution in [2.75, 3.05) is 11.5 Å². The van der Waals surface area contributed by atoms with Crippen LogP contribution in [0.3, 0.4) is 0 Å². The Balaban J connectivity index is 1.85. The average molecular weight is 339 g/mol. The molecule has 1 amide bonds. The summed E-state index contributed by atoms with van der Waals surface area (Å²) in [4.78, 5) is 14.5. The summed E-state index contributed by atoms with van der Waals surface area (Å²) in [6.45, 7) is 0. The van der Waals surface area contributed by atoms with E-state index in [-0.39, 0.29) is 23.5 Å². The van der Waals surface area contributed by atoms with E-state index in [0.717, 1.165) is 5.56 Å². The maximum atomic E-state index is 12.5. The van der Waals surface area contributed by atoms with Gasteiger partial charge in [-0.05, 0) is 18.1 Å². The fraction of sp³-hybridized carbons (Fsp3) is 0.286. The largest absolute Gasteiger partial charge is 0.289 e. The van der Waals surface area contributed by atoms with Gasteiger partial charge in [-0.15, -0.1) is 0 Å². The number of amides is 1. The maximum absolute atomic E-state index is 12.5. The number of carbonyl (C=O) groups is 1. The topological polar surface area (TPSA) is 54.5 Å². The Morgan fingerprint density at radius 1 is 1.29 bits per heavy atom. The lowest BCUT2D eigenvalue weighted by atomic mass is 10.2. The highest BCUT2D eigenvalue weighted by atomic mass is 32.2. The molecule has 0 saturated carbocycles. The molecule has 2 saturated heterocycles. The third kappa shape index (κ3) is 3.04. The van der Waals surface area contributed by atoms with Gasteiger partial charge in [-0.1, -0.05) is 54.3 Å². The van der Waals surface area contributed by atoms with Gasteiger partial charge in [-0.25, -0.2) is 8.42 Å². The Morgan fingerprint density at radius 2 is 2.00 bits per heavy atom. The first-order valence-electron chi connectivity index (χ1n) is 6.49. The summed E-state index contributed by atoms with van der Waals surface area (Å²) in [5.41, 5.74) is 0.928. The number of carbonyl (C=O) groups excluding carboxylic acids is 1. The molecule has 0 bridgehead atoms. The molecule has 3 rings (SSSR count).